The third-order valence-corrected chi connectivity index (χ3v) is 4.20. The molecule has 3 N–H and O–H groups in total. The van der Waals surface area contributed by atoms with E-state index in [0.29, 0.717) is 24.5 Å². The molecule has 1 atom stereocenters. The lowest BCUT2D eigenvalue weighted by Crippen LogP contribution is -2.34. The van der Waals surface area contributed by atoms with Crippen molar-refractivity contribution in [2.24, 2.45) is 0 Å². The summed E-state index contributed by atoms with van der Waals surface area (Å²) in [5, 5.41) is 7.12. The van der Waals surface area contributed by atoms with Gasteiger partial charge in [0.25, 0.3) is 5.91 Å². The third-order valence-electron chi connectivity index (χ3n) is 4.20. The first kappa shape index (κ1) is 17.4. The number of aromatic nitrogens is 2. The summed E-state index contributed by atoms with van der Waals surface area (Å²) in [6.07, 6.45) is 1.32. The van der Waals surface area contributed by atoms with Crippen molar-refractivity contribution in [2.45, 2.75) is 39.6 Å². The highest BCUT2D eigenvalue weighted by atomic mass is 16.7. The summed E-state index contributed by atoms with van der Waals surface area (Å²) >= 11 is 0. The largest absolute Gasteiger partial charge is 0.383 e. The van der Waals surface area contributed by atoms with Crippen molar-refractivity contribution < 1.29 is 14.3 Å². The van der Waals surface area contributed by atoms with Gasteiger partial charge in [0.2, 0.25) is 0 Å². The molecule has 0 saturated carbocycles. The first-order chi connectivity index (χ1) is 11.8. The molecule has 1 aromatic heterocycles. The fourth-order valence-corrected chi connectivity index (χ4v) is 2.84. The third kappa shape index (κ3) is 3.67. The Morgan fingerprint density at radius 3 is 2.88 bits per heavy atom. The van der Waals surface area contributed by atoms with Crippen molar-refractivity contribution in [1.82, 2.24) is 15.1 Å². The molecule has 0 spiro atoms. The number of carbonyl (C=O) groups is 1. The minimum absolute atomic E-state index is 0.172. The van der Waals surface area contributed by atoms with Gasteiger partial charge in [-0.15, -0.1) is 0 Å². The maximum Gasteiger partial charge on any atom is 0.256 e. The summed E-state index contributed by atoms with van der Waals surface area (Å²) in [5.74, 6) is -0.570. The molecule has 7 heteroatoms. The van der Waals surface area contributed by atoms with Crippen LogP contribution >= 0.6 is 0 Å². The Morgan fingerprint density at radius 2 is 2.20 bits per heavy atom. The highest BCUT2D eigenvalue weighted by Gasteiger charge is 2.32. The predicted molar refractivity (Wildman–Crippen MR) is 94.7 cm³/mol. The van der Waals surface area contributed by atoms with E-state index < -0.39 is 5.79 Å². The summed E-state index contributed by atoms with van der Waals surface area (Å²) in [4.78, 5) is 12.4. The predicted octanol–water partition coefficient (Wildman–Crippen LogP) is 1.95. The molecule has 7 nitrogen and oxygen atoms in total. The second kappa shape index (κ2) is 6.50. The van der Waals surface area contributed by atoms with Gasteiger partial charge in [0.1, 0.15) is 17.5 Å². The molecule has 1 aliphatic heterocycles. The van der Waals surface area contributed by atoms with E-state index in [2.05, 4.69) is 10.4 Å². The van der Waals surface area contributed by atoms with Crippen LogP contribution in [0.5, 0.6) is 0 Å². The quantitative estimate of drug-likeness (QED) is 0.884. The topological polar surface area (TPSA) is 91.4 Å². The van der Waals surface area contributed by atoms with Crippen LogP contribution in [0.2, 0.25) is 0 Å². The summed E-state index contributed by atoms with van der Waals surface area (Å²) in [6, 6.07) is 6.02. The van der Waals surface area contributed by atoms with Gasteiger partial charge in [-0.1, -0.05) is 12.1 Å². The number of aryl methyl sites for hydroxylation is 2. The van der Waals surface area contributed by atoms with Crippen LogP contribution in [-0.4, -0.2) is 40.7 Å². The highest BCUT2D eigenvalue weighted by molar-refractivity contribution is 5.98. The Morgan fingerprint density at radius 1 is 1.44 bits per heavy atom. The molecule has 134 valence electrons. The minimum Gasteiger partial charge on any atom is -0.383 e. The monoisotopic (exact) mass is 344 g/mol. The number of nitrogens with two attached hydrogens (primary N) is 1. The zero-order valence-corrected chi connectivity index (χ0v) is 15.0. The smallest absolute Gasteiger partial charge is 0.256 e. The van der Waals surface area contributed by atoms with Gasteiger partial charge in [0.05, 0.1) is 18.5 Å². The number of anilines is 1. The van der Waals surface area contributed by atoms with Crippen molar-refractivity contribution in [3.05, 3.63) is 41.1 Å². The Labute approximate surface area is 147 Å². The van der Waals surface area contributed by atoms with Gasteiger partial charge < -0.3 is 20.5 Å². The van der Waals surface area contributed by atoms with Crippen molar-refractivity contribution in [3.8, 4) is 5.69 Å². The molecule has 1 aromatic carbocycles. The standard InChI is InChI=1S/C18H24N4O3/c1-11-5-6-12(2)15(7-11)22-16(19)14(9-21-22)17(23)20-8-13-10-24-18(3,4)25-13/h5-7,9,13H,8,10,19H2,1-4H3,(H,20,23). The maximum absolute atomic E-state index is 12.4. The van der Waals surface area contributed by atoms with Gasteiger partial charge in [-0.05, 0) is 44.9 Å². The Bertz CT molecular complexity index is 798. The van der Waals surface area contributed by atoms with Crippen LogP contribution in [0.15, 0.2) is 24.4 Å². The normalized spacial score (nSPS) is 19.1. The van der Waals surface area contributed by atoms with Gasteiger partial charge in [-0.2, -0.15) is 5.10 Å². The van der Waals surface area contributed by atoms with Crippen LogP contribution in [0, 0.1) is 13.8 Å². The molecule has 1 unspecified atom stereocenters. The fourth-order valence-electron chi connectivity index (χ4n) is 2.84. The molecule has 1 aliphatic rings. The average molecular weight is 344 g/mol. The molecule has 1 amide bonds. The van der Waals surface area contributed by atoms with Crippen LogP contribution in [0.25, 0.3) is 5.69 Å². The number of amides is 1. The molecular weight excluding hydrogens is 320 g/mol. The molecule has 0 aliphatic carbocycles. The molecule has 1 fully saturated rings. The Hall–Kier alpha value is -2.38. The number of hydrogen-bond donors (Lipinski definition) is 2. The molecule has 3 rings (SSSR count). The second-order valence-corrected chi connectivity index (χ2v) is 6.81. The van der Waals surface area contributed by atoms with Crippen LogP contribution in [0.3, 0.4) is 0 Å². The zero-order valence-electron chi connectivity index (χ0n) is 15.0. The summed E-state index contributed by atoms with van der Waals surface area (Å²) in [7, 11) is 0. The van der Waals surface area contributed by atoms with E-state index in [1.165, 1.54) is 6.20 Å². The molecule has 25 heavy (non-hydrogen) atoms. The Kier molecular flexibility index (Phi) is 4.53. The Balaban J connectivity index is 1.72. The van der Waals surface area contributed by atoms with Crippen molar-refractivity contribution in [3.63, 3.8) is 0 Å². The number of nitrogens with one attached hydrogen (secondary N) is 1. The highest BCUT2D eigenvalue weighted by Crippen LogP contribution is 2.23. The van der Waals surface area contributed by atoms with Crippen molar-refractivity contribution >= 4 is 11.7 Å². The van der Waals surface area contributed by atoms with Gasteiger partial charge in [-0.25, -0.2) is 4.68 Å². The first-order valence-corrected chi connectivity index (χ1v) is 8.28. The van der Waals surface area contributed by atoms with Crippen LogP contribution in [-0.2, 0) is 9.47 Å². The lowest BCUT2D eigenvalue weighted by molar-refractivity contribution is -0.137. The second-order valence-electron chi connectivity index (χ2n) is 6.81. The SMILES string of the molecule is Cc1ccc(C)c(-n2ncc(C(=O)NCC3COC(C)(C)O3)c2N)c1. The summed E-state index contributed by atoms with van der Waals surface area (Å²) < 4.78 is 12.8. The molecule has 2 heterocycles. The molecular formula is C18H24N4O3. The first-order valence-electron chi connectivity index (χ1n) is 8.28. The lowest BCUT2D eigenvalue weighted by Gasteiger charge is -2.17. The van der Waals surface area contributed by atoms with E-state index in [1.54, 1.807) is 4.68 Å². The van der Waals surface area contributed by atoms with Crippen LogP contribution < -0.4 is 11.1 Å². The lowest BCUT2D eigenvalue weighted by atomic mass is 10.1. The van der Waals surface area contributed by atoms with Gasteiger partial charge in [0, 0.05) is 6.54 Å². The van der Waals surface area contributed by atoms with Gasteiger partial charge in [0.15, 0.2) is 5.79 Å². The van der Waals surface area contributed by atoms with Crippen molar-refractivity contribution in [2.75, 3.05) is 18.9 Å². The number of hydrogen-bond acceptors (Lipinski definition) is 5. The molecule has 1 saturated heterocycles. The van der Waals surface area contributed by atoms with Gasteiger partial charge in [-0.3, -0.25) is 4.79 Å². The van der Waals surface area contributed by atoms with E-state index >= 15 is 0 Å². The zero-order chi connectivity index (χ0) is 18.2. The number of rotatable bonds is 4. The summed E-state index contributed by atoms with van der Waals surface area (Å²) in [5.41, 5.74) is 9.51. The number of carbonyl (C=O) groups excluding carboxylic acids is 1. The molecule has 2 aromatic rings. The minimum atomic E-state index is -0.609. The van der Waals surface area contributed by atoms with E-state index in [1.807, 2.05) is 45.9 Å². The maximum atomic E-state index is 12.4. The van der Waals surface area contributed by atoms with Crippen LogP contribution in [0.4, 0.5) is 5.82 Å². The number of nitrogens with zero attached hydrogens (tertiary/aromatic N) is 2. The van der Waals surface area contributed by atoms with E-state index in [9.17, 15) is 4.79 Å². The molecule has 0 bridgehead atoms. The number of benzene rings is 1. The van der Waals surface area contributed by atoms with Crippen LogP contribution in [0.1, 0.15) is 35.3 Å². The number of nitrogen functional groups attached to an aromatic ring is 1. The average Bonchev–Trinajstić information content (AvgIpc) is 3.10. The van der Waals surface area contributed by atoms with Gasteiger partial charge >= 0.3 is 0 Å². The van der Waals surface area contributed by atoms with E-state index in [0.717, 1.165) is 16.8 Å². The fraction of sp³-hybridized carbons (Fsp3) is 0.444. The van der Waals surface area contributed by atoms with Crippen molar-refractivity contribution in [1.29, 1.82) is 0 Å². The molecule has 0 radical (unpaired) electrons. The number of ether oxygens (including phenoxy) is 2. The summed E-state index contributed by atoms with van der Waals surface area (Å²) in [6.45, 7) is 8.49. The van der Waals surface area contributed by atoms with E-state index in [4.69, 9.17) is 15.2 Å². The van der Waals surface area contributed by atoms with E-state index in [-0.39, 0.29) is 12.0 Å².